The molecule has 0 aromatic rings. The van der Waals surface area contributed by atoms with Gasteiger partial charge in [-0.2, -0.15) is 24.5 Å². The maximum atomic E-state index is 12.5. The first-order valence-corrected chi connectivity index (χ1v) is 5.52. The quantitative estimate of drug-likeness (QED) is 0.420. The molecule has 1 atom stereocenters. The molecule has 0 aromatic carbocycles. The molecule has 14 heavy (non-hydrogen) atoms. The van der Waals surface area contributed by atoms with Gasteiger partial charge in [-0.3, -0.25) is 12.6 Å². The number of hydrogen-bond donors (Lipinski definition) is 0. The van der Waals surface area contributed by atoms with Crippen molar-refractivity contribution in [2.75, 3.05) is 0 Å². The summed E-state index contributed by atoms with van der Waals surface area (Å²) in [5.74, 6) is -0.187. The van der Waals surface area contributed by atoms with Crippen LogP contribution in [-0.4, -0.2) is 27.7 Å². The van der Waals surface area contributed by atoms with Crippen molar-refractivity contribution >= 4 is 20.9 Å². The van der Waals surface area contributed by atoms with Crippen LogP contribution in [0, 0.1) is 5.75 Å². The Morgan fingerprint density at radius 1 is 1.29 bits per heavy atom. The highest BCUT2D eigenvalue weighted by Crippen LogP contribution is 2.41. The minimum atomic E-state index is -5.67. The zero-order valence-electron chi connectivity index (χ0n) is 6.54. The van der Waals surface area contributed by atoms with Crippen molar-refractivity contribution in [3.63, 3.8) is 0 Å². The molecule has 0 saturated carbocycles. The lowest BCUT2D eigenvalue weighted by atomic mass is 10.7. The van der Waals surface area contributed by atoms with Gasteiger partial charge in [0.1, 0.15) is 0 Å². The zero-order valence-corrected chi connectivity index (χ0v) is 8.17. The van der Waals surface area contributed by atoms with Gasteiger partial charge in [-0.25, -0.2) is 5.75 Å². The van der Waals surface area contributed by atoms with E-state index >= 15 is 0 Å². The number of rotatable bonds is 4. The second-order valence-corrected chi connectivity index (χ2v) is 5.11. The predicted molar refractivity (Wildman–Crippen MR) is 37.7 cm³/mol. The van der Waals surface area contributed by atoms with E-state index in [1.165, 1.54) is 0 Å². The summed E-state index contributed by atoms with van der Waals surface area (Å²) in [6, 6.07) is 0. The van der Waals surface area contributed by atoms with E-state index in [4.69, 9.17) is 0 Å². The molecule has 0 aliphatic carbocycles. The Hall–Kier alpha value is -0.220. The summed E-state index contributed by atoms with van der Waals surface area (Å²) in [4.78, 5) is 0. The molecular formula is C4H4F4O4S2-2. The Morgan fingerprint density at radius 2 is 1.64 bits per heavy atom. The maximum Gasteiger partial charge on any atom is 0.392 e. The molecule has 0 aliphatic rings. The molecule has 86 valence electrons. The average molecular weight is 256 g/mol. The van der Waals surface area contributed by atoms with Crippen molar-refractivity contribution in [3.05, 3.63) is 5.75 Å². The first kappa shape index (κ1) is 13.8. The maximum absolute atomic E-state index is 12.5. The molecule has 4 nitrogen and oxygen atoms in total. The summed E-state index contributed by atoms with van der Waals surface area (Å²) in [5, 5.41) is -11.3. The van der Waals surface area contributed by atoms with Gasteiger partial charge < -0.3 is 4.55 Å². The van der Waals surface area contributed by atoms with Crippen LogP contribution < -0.4 is 0 Å². The van der Waals surface area contributed by atoms with Crippen molar-refractivity contribution < 1.29 is 34.7 Å². The molecule has 0 bridgehead atoms. The summed E-state index contributed by atoms with van der Waals surface area (Å²) < 4.78 is 89.7. The molecule has 0 aromatic heterocycles. The van der Waals surface area contributed by atoms with Crippen molar-refractivity contribution in [1.82, 2.24) is 0 Å². The van der Waals surface area contributed by atoms with Crippen LogP contribution in [0.3, 0.4) is 0 Å². The monoisotopic (exact) mass is 256 g/mol. The van der Waals surface area contributed by atoms with E-state index in [2.05, 4.69) is 0 Å². The van der Waals surface area contributed by atoms with Gasteiger partial charge in [0.25, 0.3) is 0 Å². The Morgan fingerprint density at radius 3 is 1.86 bits per heavy atom. The third kappa shape index (κ3) is 1.91. The van der Waals surface area contributed by atoms with Crippen LogP contribution in [0.4, 0.5) is 17.6 Å². The SMILES string of the molecule is C[CH-]S(=O)(=O)C(F)(F)C(F)(F)S(=O)[O-]. The number of sulfone groups is 1. The van der Waals surface area contributed by atoms with Crippen molar-refractivity contribution in [2.24, 2.45) is 0 Å². The van der Waals surface area contributed by atoms with Gasteiger partial charge >= 0.3 is 10.5 Å². The lowest BCUT2D eigenvalue weighted by molar-refractivity contribution is -0.0970. The fourth-order valence-corrected chi connectivity index (χ4v) is 1.78. The predicted octanol–water partition coefficient (Wildman–Crippen LogP) is 0.648. The second-order valence-electron chi connectivity index (χ2n) is 2.05. The summed E-state index contributed by atoms with van der Waals surface area (Å²) in [7, 11) is -5.60. The summed E-state index contributed by atoms with van der Waals surface area (Å²) >= 11 is -4.53. The standard InChI is InChI=1S/C4H5F4O4S2/c1-2-14(11,12)4(7,8)3(5,6)13(9)10/h2H,1H3,(H,9,10)/q-1/p-1. The van der Waals surface area contributed by atoms with Crippen LogP contribution in [0.15, 0.2) is 0 Å². The first-order chi connectivity index (χ1) is 6.00. The van der Waals surface area contributed by atoms with E-state index in [9.17, 15) is 34.7 Å². The highest BCUT2D eigenvalue weighted by Gasteiger charge is 2.62. The molecular weight excluding hydrogens is 252 g/mol. The minimum absolute atomic E-state index is 0.187. The lowest BCUT2D eigenvalue weighted by Crippen LogP contribution is -2.49. The third-order valence-corrected chi connectivity index (χ3v) is 3.61. The average Bonchev–Trinajstić information content (AvgIpc) is 2.03. The number of hydrogen-bond acceptors (Lipinski definition) is 4. The molecule has 0 N–H and O–H groups in total. The van der Waals surface area contributed by atoms with E-state index in [0.717, 1.165) is 0 Å². The van der Waals surface area contributed by atoms with E-state index in [1.807, 2.05) is 0 Å². The Kier molecular flexibility index (Phi) is 3.68. The fraction of sp³-hybridized carbons (Fsp3) is 0.750. The second kappa shape index (κ2) is 3.74. The van der Waals surface area contributed by atoms with Gasteiger partial charge in [0.15, 0.2) is 0 Å². The molecule has 0 radical (unpaired) electrons. The molecule has 0 rings (SSSR count). The highest BCUT2D eigenvalue weighted by atomic mass is 32.2. The normalized spacial score (nSPS) is 16.7. The molecule has 0 saturated heterocycles. The van der Waals surface area contributed by atoms with Crippen molar-refractivity contribution in [1.29, 1.82) is 0 Å². The molecule has 1 unspecified atom stereocenters. The summed E-state index contributed by atoms with van der Waals surface area (Å²) in [6.07, 6.45) is 0. The van der Waals surface area contributed by atoms with Gasteiger partial charge in [-0.05, 0) is 0 Å². The van der Waals surface area contributed by atoms with E-state index in [1.54, 1.807) is 0 Å². The van der Waals surface area contributed by atoms with E-state index in [-0.39, 0.29) is 5.75 Å². The molecule has 0 spiro atoms. The summed E-state index contributed by atoms with van der Waals surface area (Å²) in [5.41, 5.74) is 0. The smallest absolute Gasteiger partial charge is 0.392 e. The Labute approximate surface area is 79.5 Å². The van der Waals surface area contributed by atoms with Gasteiger partial charge in [0, 0.05) is 11.1 Å². The van der Waals surface area contributed by atoms with Gasteiger partial charge in [-0.15, -0.1) is 0 Å². The third-order valence-electron chi connectivity index (χ3n) is 1.22. The van der Waals surface area contributed by atoms with Crippen LogP contribution in [0.25, 0.3) is 0 Å². The fourth-order valence-electron chi connectivity index (χ4n) is 0.411. The molecule has 0 fully saturated rings. The summed E-state index contributed by atoms with van der Waals surface area (Å²) in [6.45, 7) is 0.576. The molecule has 0 heterocycles. The first-order valence-electron chi connectivity index (χ1n) is 2.89. The van der Waals surface area contributed by atoms with Crippen LogP contribution >= 0.6 is 0 Å². The number of alkyl halides is 4. The van der Waals surface area contributed by atoms with Gasteiger partial charge in [0.2, 0.25) is 0 Å². The Balaban J connectivity index is 5.48. The van der Waals surface area contributed by atoms with E-state index < -0.39 is 31.4 Å². The zero-order chi connectivity index (χ0) is 11.8. The topological polar surface area (TPSA) is 74.3 Å². The largest absolute Gasteiger partial charge is 0.768 e. The molecule has 10 heteroatoms. The lowest BCUT2D eigenvalue weighted by Gasteiger charge is -2.30. The number of halogens is 4. The van der Waals surface area contributed by atoms with Crippen LogP contribution in [-0.2, 0) is 20.9 Å². The van der Waals surface area contributed by atoms with Crippen molar-refractivity contribution in [3.8, 4) is 0 Å². The van der Waals surface area contributed by atoms with Crippen LogP contribution in [0.5, 0.6) is 0 Å². The van der Waals surface area contributed by atoms with Crippen LogP contribution in [0.2, 0.25) is 0 Å². The molecule has 0 amide bonds. The van der Waals surface area contributed by atoms with Gasteiger partial charge in [0.05, 0.1) is 9.84 Å². The highest BCUT2D eigenvalue weighted by molar-refractivity contribution is 7.95. The van der Waals surface area contributed by atoms with Gasteiger partial charge in [-0.1, -0.05) is 0 Å². The van der Waals surface area contributed by atoms with Crippen LogP contribution in [0.1, 0.15) is 6.92 Å². The minimum Gasteiger partial charge on any atom is -0.768 e. The Bertz CT molecular complexity index is 335. The van der Waals surface area contributed by atoms with E-state index in [0.29, 0.717) is 6.92 Å². The molecule has 0 aliphatic heterocycles. The van der Waals surface area contributed by atoms with Crippen molar-refractivity contribution in [2.45, 2.75) is 17.4 Å².